The molecule has 4 nitrogen and oxygen atoms in total. The Hall–Kier alpha value is -2.47. The highest BCUT2D eigenvalue weighted by molar-refractivity contribution is 5.94. The Morgan fingerprint density at radius 2 is 1.69 bits per heavy atom. The maximum atomic E-state index is 12.3. The average Bonchev–Trinajstić information content (AvgIpc) is 2.60. The second-order valence-corrected chi connectivity index (χ2v) is 6.21. The van der Waals surface area contributed by atoms with E-state index in [1.165, 1.54) is 6.07 Å². The number of rotatable bonds is 8. The SMILES string of the molecule is CCN(C)C(=O)c1ccc(CN(C)Cc2cccc(OC(F)F)c2)cc1. The van der Waals surface area contributed by atoms with Gasteiger partial charge >= 0.3 is 6.61 Å². The van der Waals surface area contributed by atoms with Crippen molar-refractivity contribution in [3.05, 3.63) is 65.2 Å². The number of hydrogen-bond acceptors (Lipinski definition) is 3. The van der Waals surface area contributed by atoms with Gasteiger partial charge in [0.15, 0.2) is 0 Å². The Kier molecular flexibility index (Phi) is 7.09. The summed E-state index contributed by atoms with van der Waals surface area (Å²) in [4.78, 5) is 15.8. The fraction of sp³-hybridized carbons (Fsp3) is 0.350. The Morgan fingerprint density at radius 3 is 2.31 bits per heavy atom. The normalized spacial score (nSPS) is 11.0. The number of benzene rings is 2. The Bertz CT molecular complexity index is 720. The third-order valence-corrected chi connectivity index (χ3v) is 4.05. The lowest BCUT2D eigenvalue weighted by atomic mass is 10.1. The summed E-state index contributed by atoms with van der Waals surface area (Å²) in [5.41, 5.74) is 2.63. The molecule has 0 N–H and O–H groups in total. The molecule has 2 rings (SSSR count). The summed E-state index contributed by atoms with van der Waals surface area (Å²) in [5.74, 6) is 0.164. The molecule has 1 amide bonds. The summed E-state index contributed by atoms with van der Waals surface area (Å²) in [6.45, 7) is 1.05. The van der Waals surface area contributed by atoms with Crippen molar-refractivity contribution >= 4 is 5.91 Å². The lowest BCUT2D eigenvalue weighted by molar-refractivity contribution is -0.0499. The number of hydrogen-bond donors (Lipinski definition) is 0. The van der Waals surface area contributed by atoms with Gasteiger partial charge in [0.25, 0.3) is 5.91 Å². The summed E-state index contributed by atoms with van der Waals surface area (Å²) in [6.07, 6.45) is 0. The number of carbonyl (C=O) groups is 1. The van der Waals surface area contributed by atoms with Crippen molar-refractivity contribution in [2.75, 3.05) is 20.6 Å². The maximum absolute atomic E-state index is 12.3. The van der Waals surface area contributed by atoms with E-state index in [-0.39, 0.29) is 11.7 Å². The zero-order valence-corrected chi connectivity index (χ0v) is 15.3. The van der Waals surface area contributed by atoms with Gasteiger partial charge in [-0.15, -0.1) is 0 Å². The summed E-state index contributed by atoms with van der Waals surface area (Å²) >= 11 is 0. The Balaban J connectivity index is 1.95. The van der Waals surface area contributed by atoms with E-state index in [1.807, 2.05) is 44.3 Å². The van der Waals surface area contributed by atoms with E-state index < -0.39 is 6.61 Å². The van der Waals surface area contributed by atoms with Crippen molar-refractivity contribution in [2.45, 2.75) is 26.6 Å². The van der Waals surface area contributed by atoms with Gasteiger partial charge in [0.2, 0.25) is 0 Å². The van der Waals surface area contributed by atoms with Gasteiger partial charge in [0.05, 0.1) is 0 Å². The van der Waals surface area contributed by atoms with Crippen LogP contribution in [-0.2, 0) is 13.1 Å². The van der Waals surface area contributed by atoms with Crippen molar-refractivity contribution in [2.24, 2.45) is 0 Å². The van der Waals surface area contributed by atoms with Gasteiger partial charge in [-0.25, -0.2) is 0 Å². The van der Waals surface area contributed by atoms with Crippen LogP contribution in [0.4, 0.5) is 8.78 Å². The first-order valence-electron chi connectivity index (χ1n) is 8.45. The smallest absolute Gasteiger partial charge is 0.387 e. The second-order valence-electron chi connectivity index (χ2n) is 6.21. The van der Waals surface area contributed by atoms with E-state index in [1.54, 1.807) is 24.1 Å². The van der Waals surface area contributed by atoms with Crippen LogP contribution in [0.15, 0.2) is 48.5 Å². The summed E-state index contributed by atoms with van der Waals surface area (Å²) in [6, 6.07) is 14.2. The Morgan fingerprint density at radius 1 is 1.04 bits per heavy atom. The summed E-state index contributed by atoms with van der Waals surface area (Å²) in [5, 5.41) is 0. The van der Waals surface area contributed by atoms with Crippen LogP contribution in [0.5, 0.6) is 5.75 Å². The first kappa shape index (κ1) is 19.8. The minimum atomic E-state index is -2.82. The first-order chi connectivity index (χ1) is 12.4. The fourth-order valence-corrected chi connectivity index (χ4v) is 2.62. The van der Waals surface area contributed by atoms with Gasteiger partial charge in [-0.2, -0.15) is 8.78 Å². The van der Waals surface area contributed by atoms with Gasteiger partial charge in [-0.3, -0.25) is 9.69 Å². The van der Waals surface area contributed by atoms with E-state index in [0.717, 1.165) is 11.1 Å². The first-order valence-corrected chi connectivity index (χ1v) is 8.45. The molecule has 0 bridgehead atoms. The molecule has 0 radical (unpaired) electrons. The van der Waals surface area contributed by atoms with Gasteiger partial charge in [0.1, 0.15) is 5.75 Å². The molecule has 0 aliphatic heterocycles. The second kappa shape index (κ2) is 9.29. The number of ether oxygens (including phenoxy) is 1. The zero-order chi connectivity index (χ0) is 19.1. The molecule has 0 aliphatic carbocycles. The highest BCUT2D eigenvalue weighted by Gasteiger charge is 2.10. The predicted molar refractivity (Wildman–Crippen MR) is 97.3 cm³/mol. The molecule has 0 unspecified atom stereocenters. The fourth-order valence-electron chi connectivity index (χ4n) is 2.62. The summed E-state index contributed by atoms with van der Waals surface area (Å²) in [7, 11) is 3.72. The molecule has 0 fully saturated rings. The quantitative estimate of drug-likeness (QED) is 0.711. The molecule has 0 aliphatic rings. The molecule has 0 saturated carbocycles. The monoisotopic (exact) mass is 362 g/mol. The van der Waals surface area contributed by atoms with Crippen LogP contribution >= 0.6 is 0 Å². The summed E-state index contributed by atoms with van der Waals surface area (Å²) < 4.78 is 29.0. The highest BCUT2D eigenvalue weighted by atomic mass is 19.3. The van der Waals surface area contributed by atoms with Crippen molar-refractivity contribution in [1.82, 2.24) is 9.80 Å². The zero-order valence-electron chi connectivity index (χ0n) is 15.3. The topological polar surface area (TPSA) is 32.8 Å². The number of carbonyl (C=O) groups excluding carboxylic acids is 1. The number of amides is 1. The average molecular weight is 362 g/mol. The molecular formula is C20H24F2N2O2. The van der Waals surface area contributed by atoms with Crippen molar-refractivity contribution in [1.29, 1.82) is 0 Å². The van der Waals surface area contributed by atoms with E-state index in [0.29, 0.717) is 25.2 Å². The van der Waals surface area contributed by atoms with Crippen molar-refractivity contribution in [3.63, 3.8) is 0 Å². The van der Waals surface area contributed by atoms with Gasteiger partial charge in [-0.05, 0) is 49.4 Å². The van der Waals surface area contributed by atoms with E-state index in [2.05, 4.69) is 9.64 Å². The maximum Gasteiger partial charge on any atom is 0.387 e. The Labute approximate surface area is 153 Å². The number of halogens is 2. The van der Waals surface area contributed by atoms with Crippen LogP contribution in [0.2, 0.25) is 0 Å². The molecule has 0 aromatic heterocycles. The molecule has 0 saturated heterocycles. The molecule has 26 heavy (non-hydrogen) atoms. The minimum Gasteiger partial charge on any atom is -0.435 e. The highest BCUT2D eigenvalue weighted by Crippen LogP contribution is 2.18. The van der Waals surface area contributed by atoms with Gasteiger partial charge < -0.3 is 9.64 Å². The minimum absolute atomic E-state index is 0.00301. The van der Waals surface area contributed by atoms with Crippen LogP contribution in [0.3, 0.4) is 0 Å². The van der Waals surface area contributed by atoms with Crippen LogP contribution in [0.25, 0.3) is 0 Å². The van der Waals surface area contributed by atoms with Crippen LogP contribution in [0.1, 0.15) is 28.4 Å². The third-order valence-electron chi connectivity index (χ3n) is 4.05. The standard InChI is InChI=1S/C20H24F2N2O2/c1-4-24(3)19(25)17-10-8-15(9-11-17)13-23(2)14-16-6-5-7-18(12-16)26-20(21)22/h5-12,20H,4,13-14H2,1-3H3. The van der Waals surface area contributed by atoms with Crippen LogP contribution < -0.4 is 4.74 Å². The number of alkyl halides is 2. The molecule has 0 atom stereocenters. The van der Waals surface area contributed by atoms with E-state index >= 15 is 0 Å². The van der Waals surface area contributed by atoms with Gasteiger partial charge in [-0.1, -0.05) is 24.3 Å². The largest absolute Gasteiger partial charge is 0.435 e. The molecular weight excluding hydrogens is 338 g/mol. The van der Waals surface area contributed by atoms with E-state index in [9.17, 15) is 13.6 Å². The molecule has 0 heterocycles. The van der Waals surface area contributed by atoms with Gasteiger partial charge in [0, 0.05) is 32.2 Å². The van der Waals surface area contributed by atoms with Crippen LogP contribution in [-0.4, -0.2) is 43.0 Å². The van der Waals surface area contributed by atoms with Crippen molar-refractivity contribution < 1.29 is 18.3 Å². The molecule has 6 heteroatoms. The molecule has 140 valence electrons. The molecule has 2 aromatic carbocycles. The molecule has 2 aromatic rings. The lowest BCUT2D eigenvalue weighted by Gasteiger charge is -2.18. The number of nitrogens with zero attached hydrogens (tertiary/aromatic N) is 2. The lowest BCUT2D eigenvalue weighted by Crippen LogP contribution is -2.26. The van der Waals surface area contributed by atoms with Crippen LogP contribution in [0, 0.1) is 0 Å². The third kappa shape index (κ3) is 5.81. The van der Waals surface area contributed by atoms with Crippen molar-refractivity contribution in [3.8, 4) is 5.75 Å². The molecule has 0 spiro atoms. The predicted octanol–water partition coefficient (Wildman–Crippen LogP) is 4.01. The van der Waals surface area contributed by atoms with E-state index in [4.69, 9.17) is 0 Å².